The molecule has 6 heteroatoms. The Kier molecular flexibility index (Phi) is 5.11. The number of fused-ring (bicyclic) bond motifs is 1. The zero-order chi connectivity index (χ0) is 20.4. The molecule has 1 aromatic heterocycles. The minimum absolute atomic E-state index is 0.254. The van der Waals surface area contributed by atoms with Crippen LogP contribution in [0.3, 0.4) is 0 Å². The van der Waals surface area contributed by atoms with Crippen LogP contribution in [0.2, 0.25) is 0 Å². The number of halogens is 1. The summed E-state index contributed by atoms with van der Waals surface area (Å²) in [5, 5.41) is 2.90. The van der Waals surface area contributed by atoms with Crippen molar-refractivity contribution in [1.29, 1.82) is 0 Å². The maximum atomic E-state index is 12.8. The van der Waals surface area contributed by atoms with Crippen LogP contribution in [-0.2, 0) is 4.79 Å². The number of carbonyl (C=O) groups is 1. The second-order valence-corrected chi connectivity index (χ2v) is 7.92. The number of nitrogens with zero attached hydrogens (tertiary/aromatic N) is 1. The van der Waals surface area contributed by atoms with Crippen LogP contribution in [0.5, 0.6) is 5.75 Å². The molecule has 0 saturated heterocycles. The molecule has 0 aliphatic carbocycles. The fourth-order valence-corrected chi connectivity index (χ4v) is 3.32. The molecule has 0 atom stereocenters. The van der Waals surface area contributed by atoms with Crippen molar-refractivity contribution in [3.8, 4) is 17.2 Å². The van der Waals surface area contributed by atoms with Gasteiger partial charge in [0.05, 0.1) is 5.56 Å². The highest BCUT2D eigenvalue weighted by atomic mass is 79.9. The molecule has 0 saturated carbocycles. The molecule has 5 nitrogen and oxygen atoms in total. The van der Waals surface area contributed by atoms with Crippen LogP contribution < -0.4 is 10.1 Å². The van der Waals surface area contributed by atoms with Crippen LogP contribution in [0.15, 0.2) is 81.7 Å². The van der Waals surface area contributed by atoms with Gasteiger partial charge in [-0.3, -0.25) is 4.79 Å². The molecule has 0 bridgehead atoms. The average Bonchev–Trinajstić information content (AvgIpc) is 3.12. The summed E-state index contributed by atoms with van der Waals surface area (Å²) >= 11 is 3.52. The summed E-state index contributed by atoms with van der Waals surface area (Å²) in [7, 11) is 0. The van der Waals surface area contributed by atoms with Crippen molar-refractivity contribution in [2.24, 2.45) is 0 Å². The quantitative estimate of drug-likeness (QED) is 0.401. The molecule has 0 fully saturated rings. The lowest BCUT2D eigenvalue weighted by molar-refractivity contribution is -0.128. The zero-order valence-corrected chi connectivity index (χ0v) is 17.6. The monoisotopic (exact) mass is 450 g/mol. The van der Waals surface area contributed by atoms with Crippen LogP contribution in [0.4, 0.5) is 5.69 Å². The summed E-state index contributed by atoms with van der Waals surface area (Å²) < 4.78 is 12.6. The Morgan fingerprint density at radius 2 is 1.76 bits per heavy atom. The molecule has 0 aliphatic heterocycles. The summed E-state index contributed by atoms with van der Waals surface area (Å²) in [6.07, 6.45) is 0. The zero-order valence-electron chi connectivity index (χ0n) is 16.0. The first-order valence-corrected chi connectivity index (χ1v) is 9.93. The maximum Gasteiger partial charge on any atom is 0.267 e. The number of oxazole rings is 1. The molecule has 0 unspecified atom stereocenters. The van der Waals surface area contributed by atoms with Crippen molar-refractivity contribution in [1.82, 2.24) is 4.98 Å². The van der Waals surface area contributed by atoms with Gasteiger partial charge in [-0.25, -0.2) is 4.98 Å². The lowest BCUT2D eigenvalue weighted by Gasteiger charge is -2.25. The van der Waals surface area contributed by atoms with Crippen LogP contribution in [-0.4, -0.2) is 16.5 Å². The molecule has 0 aliphatic rings. The van der Waals surface area contributed by atoms with Gasteiger partial charge in [-0.05, 0) is 72.2 Å². The number of carbonyl (C=O) groups excluding carboxylic acids is 1. The van der Waals surface area contributed by atoms with E-state index >= 15 is 0 Å². The van der Waals surface area contributed by atoms with E-state index in [1.807, 2.05) is 54.6 Å². The third-order valence-electron chi connectivity index (χ3n) is 4.41. The molecule has 29 heavy (non-hydrogen) atoms. The fourth-order valence-electron chi connectivity index (χ4n) is 2.87. The second kappa shape index (κ2) is 7.72. The van der Waals surface area contributed by atoms with Crippen molar-refractivity contribution < 1.29 is 13.9 Å². The van der Waals surface area contributed by atoms with Gasteiger partial charge in [0.2, 0.25) is 5.89 Å². The van der Waals surface area contributed by atoms with Crippen molar-refractivity contribution in [3.05, 3.63) is 77.3 Å². The number of ether oxygens (including phenoxy) is 1. The highest BCUT2D eigenvalue weighted by molar-refractivity contribution is 9.10. The number of anilines is 1. The van der Waals surface area contributed by atoms with E-state index in [9.17, 15) is 4.79 Å². The molecular weight excluding hydrogens is 432 g/mol. The van der Waals surface area contributed by atoms with Gasteiger partial charge in [-0.15, -0.1) is 0 Å². The molecule has 4 aromatic rings. The fraction of sp³-hybridized carbons (Fsp3) is 0.130. The number of para-hydroxylation sites is 1. The van der Waals surface area contributed by atoms with Crippen LogP contribution in [0.25, 0.3) is 22.6 Å². The van der Waals surface area contributed by atoms with Crippen molar-refractivity contribution in [2.75, 3.05) is 5.32 Å². The van der Waals surface area contributed by atoms with Gasteiger partial charge in [0.1, 0.15) is 11.3 Å². The third kappa shape index (κ3) is 4.17. The lowest BCUT2D eigenvalue weighted by Crippen LogP contribution is -2.42. The van der Waals surface area contributed by atoms with E-state index in [1.54, 1.807) is 32.0 Å². The Hall–Kier alpha value is -3.12. The van der Waals surface area contributed by atoms with Crippen molar-refractivity contribution in [3.63, 3.8) is 0 Å². The maximum absolute atomic E-state index is 12.8. The summed E-state index contributed by atoms with van der Waals surface area (Å²) in [6, 6.07) is 22.4. The number of aromatic nitrogens is 1. The van der Waals surface area contributed by atoms with Gasteiger partial charge in [0.25, 0.3) is 5.91 Å². The number of nitrogens with one attached hydrogen (secondary N) is 1. The number of amides is 1. The minimum Gasteiger partial charge on any atom is -0.478 e. The van der Waals surface area contributed by atoms with E-state index < -0.39 is 5.60 Å². The predicted octanol–water partition coefficient (Wildman–Crippen LogP) is 6.05. The Morgan fingerprint density at radius 1 is 1.03 bits per heavy atom. The highest BCUT2D eigenvalue weighted by Gasteiger charge is 2.30. The average molecular weight is 451 g/mol. The molecule has 0 spiro atoms. The molecule has 3 aromatic carbocycles. The van der Waals surface area contributed by atoms with E-state index in [0.717, 1.165) is 10.0 Å². The first kappa shape index (κ1) is 19.2. The van der Waals surface area contributed by atoms with Crippen LogP contribution in [0, 0.1) is 0 Å². The Balaban J connectivity index is 1.55. The van der Waals surface area contributed by atoms with Crippen LogP contribution in [0.1, 0.15) is 13.8 Å². The Bertz CT molecular complexity index is 1170. The topological polar surface area (TPSA) is 64.4 Å². The molecule has 1 heterocycles. The number of hydrogen-bond donors (Lipinski definition) is 1. The molecular formula is C23H19BrN2O3. The van der Waals surface area contributed by atoms with E-state index in [4.69, 9.17) is 9.15 Å². The minimum atomic E-state index is -1.04. The standard InChI is InChI=1S/C23H19BrN2O3/c1-23(2,29-16-8-4-3-5-9-16)22(27)25-15-12-13-20-19(14-15)26-21(28-20)17-10-6-7-11-18(17)24/h3-14H,1-2H3,(H,25,27). The van der Waals surface area contributed by atoms with Gasteiger partial charge < -0.3 is 14.5 Å². The molecule has 1 amide bonds. The Labute approximate surface area is 176 Å². The SMILES string of the molecule is CC(C)(Oc1ccccc1)C(=O)Nc1ccc2oc(-c3ccccc3Br)nc2c1. The predicted molar refractivity (Wildman–Crippen MR) is 117 cm³/mol. The summed E-state index contributed by atoms with van der Waals surface area (Å²) in [5.74, 6) is 0.900. The van der Waals surface area contributed by atoms with Gasteiger partial charge in [-0.1, -0.05) is 30.3 Å². The normalized spacial score (nSPS) is 11.4. The van der Waals surface area contributed by atoms with E-state index in [1.165, 1.54) is 0 Å². The smallest absolute Gasteiger partial charge is 0.267 e. The van der Waals surface area contributed by atoms with Gasteiger partial charge in [0.15, 0.2) is 11.2 Å². The third-order valence-corrected chi connectivity index (χ3v) is 5.10. The van der Waals surface area contributed by atoms with Gasteiger partial charge in [-0.2, -0.15) is 0 Å². The van der Waals surface area contributed by atoms with Gasteiger partial charge in [0, 0.05) is 10.2 Å². The van der Waals surface area contributed by atoms with Crippen molar-refractivity contribution in [2.45, 2.75) is 19.4 Å². The van der Waals surface area contributed by atoms with E-state index in [2.05, 4.69) is 26.2 Å². The van der Waals surface area contributed by atoms with Crippen LogP contribution >= 0.6 is 15.9 Å². The number of hydrogen-bond acceptors (Lipinski definition) is 4. The largest absolute Gasteiger partial charge is 0.478 e. The Morgan fingerprint density at radius 3 is 2.52 bits per heavy atom. The number of benzene rings is 3. The van der Waals surface area contributed by atoms with E-state index in [-0.39, 0.29) is 5.91 Å². The highest BCUT2D eigenvalue weighted by Crippen LogP contribution is 2.31. The molecule has 4 rings (SSSR count). The van der Waals surface area contributed by atoms with Gasteiger partial charge >= 0.3 is 0 Å². The summed E-state index contributed by atoms with van der Waals surface area (Å²) in [4.78, 5) is 17.3. The van der Waals surface area contributed by atoms with E-state index in [0.29, 0.717) is 28.4 Å². The molecule has 0 radical (unpaired) electrons. The summed E-state index contributed by atoms with van der Waals surface area (Å²) in [5.41, 5.74) is 1.76. The first-order chi connectivity index (χ1) is 13.9. The van der Waals surface area contributed by atoms with Crippen molar-refractivity contribution >= 4 is 38.6 Å². The molecule has 146 valence electrons. The first-order valence-electron chi connectivity index (χ1n) is 9.13. The lowest BCUT2D eigenvalue weighted by atomic mass is 10.1. The second-order valence-electron chi connectivity index (χ2n) is 7.06. The summed E-state index contributed by atoms with van der Waals surface area (Å²) in [6.45, 7) is 3.46. The molecule has 1 N–H and O–H groups in total. The number of rotatable bonds is 5.